The summed E-state index contributed by atoms with van der Waals surface area (Å²) in [5, 5.41) is 11.7. The number of halogens is 1. The van der Waals surface area contributed by atoms with Crippen molar-refractivity contribution >= 4 is 34.8 Å². The molecule has 1 heterocycles. The van der Waals surface area contributed by atoms with Crippen LogP contribution in [0.15, 0.2) is 12.1 Å². The first-order chi connectivity index (χ1) is 8.37. The van der Waals surface area contributed by atoms with Crippen molar-refractivity contribution in [3.05, 3.63) is 21.3 Å². The van der Waals surface area contributed by atoms with E-state index in [0.717, 1.165) is 4.88 Å². The molecule has 0 saturated carbocycles. The van der Waals surface area contributed by atoms with Crippen LogP contribution < -0.4 is 5.32 Å². The lowest BCUT2D eigenvalue weighted by Gasteiger charge is -2.25. The number of carboxylic acids is 1. The lowest BCUT2D eigenvalue weighted by molar-refractivity contribution is -0.147. The average molecular weight is 290 g/mol. The molecular weight excluding hydrogens is 274 g/mol. The third kappa shape index (κ3) is 3.99. The Balaban J connectivity index is 2.65. The van der Waals surface area contributed by atoms with Crippen molar-refractivity contribution in [3.63, 3.8) is 0 Å². The summed E-state index contributed by atoms with van der Waals surface area (Å²) in [5.41, 5.74) is -1.20. The molecule has 4 nitrogen and oxygen atoms in total. The quantitative estimate of drug-likeness (QED) is 0.846. The van der Waals surface area contributed by atoms with Crippen LogP contribution in [0.4, 0.5) is 0 Å². The van der Waals surface area contributed by atoms with E-state index in [2.05, 4.69) is 5.32 Å². The molecule has 0 spiro atoms. The second-order valence-corrected chi connectivity index (χ2v) is 6.12. The molecule has 0 aliphatic heterocycles. The van der Waals surface area contributed by atoms with Gasteiger partial charge in [-0.25, -0.2) is 4.79 Å². The number of amides is 1. The van der Waals surface area contributed by atoms with Gasteiger partial charge in [-0.15, -0.1) is 11.3 Å². The maximum Gasteiger partial charge on any atom is 0.329 e. The van der Waals surface area contributed by atoms with Crippen LogP contribution in [0.25, 0.3) is 0 Å². The van der Waals surface area contributed by atoms with Gasteiger partial charge >= 0.3 is 5.97 Å². The van der Waals surface area contributed by atoms with Gasteiger partial charge in [0.15, 0.2) is 0 Å². The number of hydrogen-bond donors (Lipinski definition) is 2. The molecule has 0 fully saturated rings. The molecule has 0 saturated heterocycles. The topological polar surface area (TPSA) is 66.4 Å². The van der Waals surface area contributed by atoms with Gasteiger partial charge in [0.05, 0.1) is 10.8 Å². The summed E-state index contributed by atoms with van der Waals surface area (Å²) >= 11 is 7.09. The Labute approximate surface area is 115 Å². The molecular formula is C12H16ClNO3S. The van der Waals surface area contributed by atoms with Crippen LogP contribution in [0, 0.1) is 0 Å². The highest BCUT2D eigenvalue weighted by Gasteiger charge is 2.33. The molecule has 1 atom stereocenters. The van der Waals surface area contributed by atoms with E-state index in [-0.39, 0.29) is 12.3 Å². The Morgan fingerprint density at radius 3 is 2.61 bits per heavy atom. The van der Waals surface area contributed by atoms with Crippen LogP contribution in [0.2, 0.25) is 4.34 Å². The summed E-state index contributed by atoms with van der Waals surface area (Å²) in [6, 6.07) is 3.49. The zero-order chi connectivity index (χ0) is 13.8. The Morgan fingerprint density at radius 1 is 1.50 bits per heavy atom. The summed E-state index contributed by atoms with van der Waals surface area (Å²) < 4.78 is 0.618. The van der Waals surface area contributed by atoms with Crippen LogP contribution in [-0.4, -0.2) is 22.5 Å². The van der Waals surface area contributed by atoms with Crippen LogP contribution in [0.3, 0.4) is 0 Å². The largest absolute Gasteiger partial charge is 0.480 e. The van der Waals surface area contributed by atoms with Gasteiger partial charge in [-0.3, -0.25) is 4.79 Å². The Bertz CT molecular complexity index is 446. The SMILES string of the molecule is CCCC(C)(NC(=O)Cc1ccc(Cl)s1)C(=O)O. The minimum Gasteiger partial charge on any atom is -0.480 e. The predicted octanol–water partition coefficient (Wildman–Crippen LogP) is 2.70. The van der Waals surface area contributed by atoms with Gasteiger partial charge in [0, 0.05) is 4.88 Å². The second-order valence-electron chi connectivity index (χ2n) is 4.32. The summed E-state index contributed by atoms with van der Waals surface area (Å²) in [4.78, 5) is 23.8. The summed E-state index contributed by atoms with van der Waals surface area (Å²) in [6.07, 6.45) is 1.25. The molecule has 100 valence electrons. The third-order valence-electron chi connectivity index (χ3n) is 2.60. The molecule has 0 aliphatic carbocycles. The molecule has 6 heteroatoms. The number of carbonyl (C=O) groups excluding carboxylic acids is 1. The molecule has 2 N–H and O–H groups in total. The molecule has 0 aromatic carbocycles. The number of aliphatic carboxylic acids is 1. The molecule has 0 radical (unpaired) electrons. The van der Waals surface area contributed by atoms with E-state index in [1.54, 1.807) is 12.1 Å². The highest BCUT2D eigenvalue weighted by molar-refractivity contribution is 7.16. The highest BCUT2D eigenvalue weighted by Crippen LogP contribution is 2.22. The van der Waals surface area contributed by atoms with E-state index in [0.29, 0.717) is 17.2 Å². The third-order valence-corrected chi connectivity index (χ3v) is 3.83. The van der Waals surface area contributed by atoms with Crippen molar-refractivity contribution in [2.45, 2.75) is 38.6 Å². The molecule has 1 aromatic rings. The smallest absolute Gasteiger partial charge is 0.329 e. The molecule has 1 rings (SSSR count). The van der Waals surface area contributed by atoms with Gasteiger partial charge in [0.1, 0.15) is 5.54 Å². The summed E-state index contributed by atoms with van der Waals surface area (Å²) in [6.45, 7) is 3.41. The minimum atomic E-state index is -1.20. The van der Waals surface area contributed by atoms with Gasteiger partial charge in [-0.2, -0.15) is 0 Å². The highest BCUT2D eigenvalue weighted by atomic mass is 35.5. The molecule has 1 unspecified atom stereocenters. The van der Waals surface area contributed by atoms with Gasteiger partial charge in [-0.05, 0) is 25.5 Å². The number of rotatable bonds is 6. The standard InChI is InChI=1S/C12H16ClNO3S/c1-3-6-12(2,11(16)17)14-10(15)7-8-4-5-9(13)18-8/h4-5H,3,6-7H2,1-2H3,(H,14,15)(H,16,17). The van der Waals surface area contributed by atoms with E-state index >= 15 is 0 Å². The van der Waals surface area contributed by atoms with Gasteiger partial charge in [-0.1, -0.05) is 24.9 Å². The average Bonchev–Trinajstić information content (AvgIpc) is 2.63. The summed E-state index contributed by atoms with van der Waals surface area (Å²) in [5.74, 6) is -1.31. The van der Waals surface area contributed by atoms with Crippen LogP contribution in [0.5, 0.6) is 0 Å². The van der Waals surface area contributed by atoms with Gasteiger partial charge < -0.3 is 10.4 Å². The summed E-state index contributed by atoms with van der Waals surface area (Å²) in [7, 11) is 0. The van der Waals surface area contributed by atoms with Crippen molar-refractivity contribution in [2.75, 3.05) is 0 Å². The minimum absolute atomic E-state index is 0.157. The fourth-order valence-electron chi connectivity index (χ4n) is 1.68. The molecule has 0 aliphatic rings. The first kappa shape index (κ1) is 15.0. The first-order valence-corrected chi connectivity index (χ1v) is 6.85. The first-order valence-electron chi connectivity index (χ1n) is 5.66. The zero-order valence-corrected chi connectivity index (χ0v) is 11.9. The maximum absolute atomic E-state index is 11.8. The van der Waals surface area contributed by atoms with Crippen molar-refractivity contribution in [2.24, 2.45) is 0 Å². The second kappa shape index (κ2) is 6.20. The Kier molecular flexibility index (Phi) is 5.16. The number of carbonyl (C=O) groups is 2. The number of nitrogens with one attached hydrogen (secondary N) is 1. The van der Waals surface area contributed by atoms with Crippen molar-refractivity contribution in [1.29, 1.82) is 0 Å². The molecule has 18 heavy (non-hydrogen) atoms. The predicted molar refractivity (Wildman–Crippen MR) is 72.1 cm³/mol. The van der Waals surface area contributed by atoms with Crippen LogP contribution in [-0.2, 0) is 16.0 Å². The van der Waals surface area contributed by atoms with E-state index in [4.69, 9.17) is 16.7 Å². The molecule has 0 bridgehead atoms. The van der Waals surface area contributed by atoms with E-state index in [1.165, 1.54) is 18.3 Å². The number of carboxylic acid groups (broad SMARTS) is 1. The van der Waals surface area contributed by atoms with Gasteiger partial charge in [0.25, 0.3) is 0 Å². The maximum atomic E-state index is 11.8. The van der Waals surface area contributed by atoms with Crippen molar-refractivity contribution in [1.82, 2.24) is 5.32 Å². The number of thiophene rings is 1. The van der Waals surface area contributed by atoms with Crippen molar-refractivity contribution in [3.8, 4) is 0 Å². The fraction of sp³-hybridized carbons (Fsp3) is 0.500. The lowest BCUT2D eigenvalue weighted by atomic mass is 9.96. The normalized spacial score (nSPS) is 13.9. The molecule has 1 amide bonds. The van der Waals surface area contributed by atoms with Crippen LogP contribution in [0.1, 0.15) is 31.6 Å². The van der Waals surface area contributed by atoms with E-state index < -0.39 is 11.5 Å². The van der Waals surface area contributed by atoms with Crippen molar-refractivity contribution < 1.29 is 14.7 Å². The van der Waals surface area contributed by atoms with E-state index in [9.17, 15) is 9.59 Å². The number of hydrogen-bond acceptors (Lipinski definition) is 3. The van der Waals surface area contributed by atoms with Gasteiger partial charge in [0.2, 0.25) is 5.91 Å². The zero-order valence-electron chi connectivity index (χ0n) is 10.3. The fourth-order valence-corrected chi connectivity index (χ4v) is 2.77. The monoisotopic (exact) mass is 289 g/mol. The Morgan fingerprint density at radius 2 is 2.17 bits per heavy atom. The Hall–Kier alpha value is -1.07. The van der Waals surface area contributed by atoms with E-state index in [1.807, 2.05) is 6.92 Å². The lowest BCUT2D eigenvalue weighted by Crippen LogP contribution is -2.52. The molecule has 1 aromatic heterocycles. The van der Waals surface area contributed by atoms with Crippen LogP contribution >= 0.6 is 22.9 Å².